The number of carbonyl (C=O) groups excluding carboxylic acids is 1. The van der Waals surface area contributed by atoms with Crippen LogP contribution < -0.4 is 16.4 Å². The van der Waals surface area contributed by atoms with Gasteiger partial charge in [-0.2, -0.15) is 5.10 Å². The van der Waals surface area contributed by atoms with Crippen molar-refractivity contribution in [2.75, 3.05) is 11.9 Å². The number of nitrogens with one attached hydrogen (secondary N) is 2. The van der Waals surface area contributed by atoms with Crippen molar-refractivity contribution in [3.63, 3.8) is 0 Å². The molecule has 152 valence electrons. The second-order valence-corrected chi connectivity index (χ2v) is 6.98. The SMILES string of the molecule is Cc1cc(-n2ncc3cc(NC(=O)N[C@H](CCN)c4ccccc4)ncc32)ccn1. The summed E-state index contributed by atoms with van der Waals surface area (Å²) in [5.74, 6) is 0.449. The Balaban J connectivity index is 1.50. The standard InChI is InChI=1S/C22H23N7O/c1-15-11-18(8-10-24-15)29-20-14-25-21(12-17(20)13-26-29)28-22(30)27-19(7-9-23)16-5-3-2-4-6-16/h2-6,8,10-14,19H,7,9,23H2,1H3,(H2,25,27,28,30)/t19-/m1/s1. The first-order chi connectivity index (χ1) is 14.6. The number of nitrogens with zero attached hydrogens (tertiary/aromatic N) is 4. The average Bonchev–Trinajstić information content (AvgIpc) is 3.17. The normalized spacial score (nSPS) is 11.9. The summed E-state index contributed by atoms with van der Waals surface area (Å²) in [7, 11) is 0. The summed E-state index contributed by atoms with van der Waals surface area (Å²) in [6.45, 7) is 2.40. The van der Waals surface area contributed by atoms with Crippen molar-refractivity contribution in [3.05, 3.63) is 78.4 Å². The molecule has 0 bridgehead atoms. The topological polar surface area (TPSA) is 111 Å². The van der Waals surface area contributed by atoms with Crippen LogP contribution in [-0.4, -0.2) is 32.3 Å². The fraction of sp³-hybridized carbons (Fsp3) is 0.182. The zero-order valence-electron chi connectivity index (χ0n) is 16.6. The molecule has 30 heavy (non-hydrogen) atoms. The Labute approximate surface area is 174 Å². The Bertz CT molecular complexity index is 1160. The maximum absolute atomic E-state index is 12.5. The second kappa shape index (κ2) is 8.71. The predicted octanol–water partition coefficient (Wildman–Crippen LogP) is 3.34. The summed E-state index contributed by atoms with van der Waals surface area (Å²) < 4.78 is 1.80. The maximum atomic E-state index is 12.5. The second-order valence-electron chi connectivity index (χ2n) is 6.98. The summed E-state index contributed by atoms with van der Waals surface area (Å²) in [6, 6.07) is 14.9. The molecule has 4 N–H and O–H groups in total. The molecule has 2 amide bonds. The van der Waals surface area contributed by atoms with Crippen LogP contribution in [0, 0.1) is 6.92 Å². The zero-order chi connectivity index (χ0) is 20.9. The number of nitrogens with two attached hydrogens (primary N) is 1. The van der Waals surface area contributed by atoms with E-state index in [1.807, 2.05) is 49.4 Å². The molecular formula is C22H23N7O. The van der Waals surface area contributed by atoms with Crippen molar-refractivity contribution >= 4 is 22.8 Å². The highest BCUT2D eigenvalue weighted by Gasteiger charge is 2.15. The highest BCUT2D eigenvalue weighted by Crippen LogP contribution is 2.21. The molecule has 1 atom stereocenters. The Morgan fingerprint density at radius 3 is 2.73 bits per heavy atom. The van der Waals surface area contributed by atoms with Crippen LogP contribution in [0.3, 0.4) is 0 Å². The minimum absolute atomic E-state index is 0.169. The molecule has 8 heteroatoms. The highest BCUT2D eigenvalue weighted by atomic mass is 16.2. The van der Waals surface area contributed by atoms with Crippen molar-refractivity contribution in [1.29, 1.82) is 0 Å². The molecule has 0 aliphatic carbocycles. The van der Waals surface area contributed by atoms with Gasteiger partial charge >= 0.3 is 6.03 Å². The lowest BCUT2D eigenvalue weighted by Crippen LogP contribution is -2.33. The average molecular weight is 401 g/mol. The summed E-state index contributed by atoms with van der Waals surface area (Å²) >= 11 is 0. The molecule has 0 saturated heterocycles. The largest absolute Gasteiger partial charge is 0.331 e. The first-order valence-electron chi connectivity index (χ1n) is 9.73. The molecule has 0 spiro atoms. The van der Waals surface area contributed by atoms with Gasteiger partial charge in [0.05, 0.1) is 29.6 Å². The van der Waals surface area contributed by atoms with E-state index in [1.165, 1.54) is 0 Å². The molecule has 1 aromatic carbocycles. The molecule has 0 radical (unpaired) electrons. The number of anilines is 1. The third-order valence-corrected chi connectivity index (χ3v) is 4.78. The Hall–Kier alpha value is -3.78. The van der Waals surface area contributed by atoms with E-state index >= 15 is 0 Å². The van der Waals surface area contributed by atoms with Crippen molar-refractivity contribution in [1.82, 2.24) is 25.1 Å². The summed E-state index contributed by atoms with van der Waals surface area (Å²) in [6.07, 6.45) is 5.83. The molecule has 0 saturated carbocycles. The highest BCUT2D eigenvalue weighted by molar-refractivity contribution is 5.91. The van der Waals surface area contributed by atoms with Gasteiger partial charge < -0.3 is 11.1 Å². The molecular weight excluding hydrogens is 378 g/mol. The van der Waals surface area contributed by atoms with Crippen LogP contribution >= 0.6 is 0 Å². The van der Waals surface area contributed by atoms with Gasteiger partial charge in [0.2, 0.25) is 0 Å². The van der Waals surface area contributed by atoms with E-state index in [4.69, 9.17) is 5.73 Å². The first kappa shape index (κ1) is 19.5. The number of hydrogen-bond donors (Lipinski definition) is 3. The van der Waals surface area contributed by atoms with Crippen LogP contribution in [-0.2, 0) is 0 Å². The van der Waals surface area contributed by atoms with E-state index in [0.29, 0.717) is 18.8 Å². The van der Waals surface area contributed by atoms with Gasteiger partial charge in [0.15, 0.2) is 0 Å². The van der Waals surface area contributed by atoms with Crippen molar-refractivity contribution in [3.8, 4) is 5.69 Å². The lowest BCUT2D eigenvalue weighted by atomic mass is 10.0. The van der Waals surface area contributed by atoms with Crippen molar-refractivity contribution in [2.24, 2.45) is 5.73 Å². The number of urea groups is 1. The number of benzene rings is 1. The number of pyridine rings is 2. The van der Waals surface area contributed by atoms with Crippen LogP contribution in [0.2, 0.25) is 0 Å². The van der Waals surface area contributed by atoms with Crippen molar-refractivity contribution < 1.29 is 4.79 Å². The number of rotatable bonds is 6. The van der Waals surface area contributed by atoms with E-state index in [9.17, 15) is 4.79 Å². The Morgan fingerprint density at radius 1 is 1.13 bits per heavy atom. The molecule has 4 aromatic rings. The van der Waals surface area contributed by atoms with Crippen LogP contribution in [0.1, 0.15) is 23.7 Å². The molecule has 8 nitrogen and oxygen atoms in total. The fourth-order valence-corrected chi connectivity index (χ4v) is 3.35. The van der Waals surface area contributed by atoms with Gasteiger partial charge in [-0.15, -0.1) is 0 Å². The van der Waals surface area contributed by atoms with Gasteiger partial charge in [-0.1, -0.05) is 30.3 Å². The van der Waals surface area contributed by atoms with Gasteiger partial charge in [-0.3, -0.25) is 10.3 Å². The molecule has 0 aliphatic heterocycles. The quantitative estimate of drug-likeness (QED) is 0.459. The van der Waals surface area contributed by atoms with Gasteiger partial charge in [-0.25, -0.2) is 14.5 Å². The lowest BCUT2D eigenvalue weighted by molar-refractivity contribution is 0.248. The summed E-state index contributed by atoms with van der Waals surface area (Å²) in [4.78, 5) is 21.1. The molecule has 4 rings (SSSR count). The van der Waals surface area contributed by atoms with Crippen LogP contribution in [0.5, 0.6) is 0 Å². The van der Waals surface area contributed by atoms with Gasteiger partial charge in [-0.05, 0) is 43.7 Å². The van der Waals surface area contributed by atoms with Crippen LogP contribution in [0.25, 0.3) is 16.6 Å². The molecule has 0 fully saturated rings. The molecule has 0 aliphatic rings. The van der Waals surface area contributed by atoms with E-state index < -0.39 is 0 Å². The van der Waals surface area contributed by atoms with Gasteiger partial charge in [0.25, 0.3) is 0 Å². The summed E-state index contributed by atoms with van der Waals surface area (Å²) in [5, 5.41) is 11.1. The number of carbonyl (C=O) groups is 1. The monoisotopic (exact) mass is 401 g/mol. The lowest BCUT2D eigenvalue weighted by Gasteiger charge is -2.18. The first-order valence-corrected chi connectivity index (χ1v) is 9.73. The molecule has 3 aromatic heterocycles. The maximum Gasteiger partial charge on any atom is 0.320 e. The van der Waals surface area contributed by atoms with E-state index in [-0.39, 0.29) is 12.1 Å². The van der Waals surface area contributed by atoms with Gasteiger partial charge in [0, 0.05) is 17.3 Å². The molecule has 3 heterocycles. The summed E-state index contributed by atoms with van der Waals surface area (Å²) in [5.41, 5.74) is 9.39. The Kier molecular flexibility index (Phi) is 5.67. The molecule has 0 unspecified atom stereocenters. The van der Waals surface area contributed by atoms with E-state index in [0.717, 1.165) is 27.8 Å². The van der Waals surface area contributed by atoms with Gasteiger partial charge in [0.1, 0.15) is 5.82 Å². The number of fused-ring (bicyclic) bond motifs is 1. The number of amides is 2. The zero-order valence-corrected chi connectivity index (χ0v) is 16.6. The number of aromatic nitrogens is 4. The van der Waals surface area contributed by atoms with Crippen LogP contribution in [0.4, 0.5) is 10.6 Å². The Morgan fingerprint density at radius 2 is 1.97 bits per heavy atom. The third kappa shape index (κ3) is 4.28. The van der Waals surface area contributed by atoms with Crippen LogP contribution in [0.15, 0.2) is 67.1 Å². The third-order valence-electron chi connectivity index (χ3n) is 4.78. The minimum atomic E-state index is -0.332. The predicted molar refractivity (Wildman–Crippen MR) is 116 cm³/mol. The minimum Gasteiger partial charge on any atom is -0.331 e. The van der Waals surface area contributed by atoms with Crippen molar-refractivity contribution in [2.45, 2.75) is 19.4 Å². The van der Waals surface area contributed by atoms with E-state index in [1.54, 1.807) is 29.3 Å². The number of hydrogen-bond acceptors (Lipinski definition) is 5. The van der Waals surface area contributed by atoms with E-state index in [2.05, 4.69) is 25.7 Å². The number of aryl methyl sites for hydroxylation is 1. The smallest absolute Gasteiger partial charge is 0.320 e. The fourth-order valence-electron chi connectivity index (χ4n) is 3.35.